The van der Waals surface area contributed by atoms with E-state index < -0.39 is 11.8 Å². The normalized spacial score (nSPS) is 25.7. The van der Waals surface area contributed by atoms with Gasteiger partial charge < -0.3 is 19.3 Å². The lowest BCUT2D eigenvalue weighted by Crippen LogP contribution is -2.55. The molecule has 10 heteroatoms. The van der Waals surface area contributed by atoms with Crippen LogP contribution < -0.4 is 0 Å². The molecular weight excluding hydrogens is 753 g/mol. The van der Waals surface area contributed by atoms with Crippen molar-refractivity contribution in [3.63, 3.8) is 0 Å². The summed E-state index contributed by atoms with van der Waals surface area (Å²) in [6.45, 7) is 9.51. The first-order chi connectivity index (χ1) is 28.8. The number of fused-ring (bicyclic) bond motifs is 6. The van der Waals surface area contributed by atoms with Crippen molar-refractivity contribution in [2.45, 2.75) is 103 Å². The minimum absolute atomic E-state index is 0.0279. The van der Waals surface area contributed by atoms with Gasteiger partial charge in [-0.25, -0.2) is 0 Å². The first-order valence-corrected chi connectivity index (χ1v) is 22.1. The third kappa shape index (κ3) is 6.78. The minimum atomic E-state index is -0.408. The molecule has 2 aliphatic carbocycles. The van der Waals surface area contributed by atoms with Gasteiger partial charge in [0.15, 0.2) is 0 Å². The average molecular weight is 811 g/mol. The molecule has 3 aromatic rings. The number of carbonyl (C=O) groups is 4. The average Bonchev–Trinajstić information content (AvgIpc) is 4.12. The van der Waals surface area contributed by atoms with Crippen molar-refractivity contribution in [3.8, 4) is 22.3 Å². The molecule has 4 fully saturated rings. The lowest BCUT2D eigenvalue weighted by molar-refractivity contribution is -0.149. The van der Waals surface area contributed by atoms with Gasteiger partial charge in [-0.1, -0.05) is 64.1 Å². The molecule has 2 amide bonds. The highest BCUT2D eigenvalue weighted by atomic mass is 16.5. The van der Waals surface area contributed by atoms with E-state index in [-0.39, 0.29) is 59.5 Å². The fraction of sp³-hybridized carbons (Fsp3) is 0.520. The Hall–Kier alpha value is -5.12. The molecule has 9 rings (SSSR count). The summed E-state index contributed by atoms with van der Waals surface area (Å²) in [6.07, 6.45) is 7.55. The molecule has 6 atom stereocenters. The van der Waals surface area contributed by atoms with E-state index in [2.05, 4.69) is 70.5 Å². The quantitative estimate of drug-likeness (QED) is 0.169. The van der Waals surface area contributed by atoms with Crippen LogP contribution in [0.2, 0.25) is 0 Å². The van der Waals surface area contributed by atoms with Crippen LogP contribution in [-0.4, -0.2) is 83.4 Å². The lowest BCUT2D eigenvalue weighted by atomic mass is 9.84. The Balaban J connectivity index is 0.888. The summed E-state index contributed by atoms with van der Waals surface area (Å²) in [5.74, 6) is -0.402. The number of nitrogens with zero attached hydrogens (tertiary/aromatic N) is 4. The summed E-state index contributed by atoms with van der Waals surface area (Å²) >= 11 is 0. The van der Waals surface area contributed by atoms with Gasteiger partial charge in [-0.05, 0) is 120 Å². The van der Waals surface area contributed by atoms with Gasteiger partial charge in [-0.3, -0.25) is 29.2 Å². The highest BCUT2D eigenvalue weighted by Gasteiger charge is 2.58. The number of piperidine rings is 2. The van der Waals surface area contributed by atoms with Crippen LogP contribution in [-0.2, 0) is 41.5 Å². The maximum atomic E-state index is 14.1. The molecule has 0 N–H and O–H groups in total. The van der Waals surface area contributed by atoms with E-state index in [1.807, 2.05) is 27.7 Å². The van der Waals surface area contributed by atoms with Crippen LogP contribution in [0.15, 0.2) is 70.6 Å². The van der Waals surface area contributed by atoms with Crippen molar-refractivity contribution in [1.82, 2.24) is 9.80 Å². The second kappa shape index (κ2) is 15.4. The zero-order chi connectivity index (χ0) is 42.1. The van der Waals surface area contributed by atoms with E-state index >= 15 is 0 Å². The van der Waals surface area contributed by atoms with E-state index in [4.69, 9.17) is 19.5 Å². The Morgan fingerprint density at radius 2 is 1.00 bits per heavy atom. The van der Waals surface area contributed by atoms with Gasteiger partial charge in [0.05, 0.1) is 61.3 Å². The van der Waals surface area contributed by atoms with Crippen molar-refractivity contribution in [2.75, 3.05) is 27.3 Å². The molecule has 4 unspecified atom stereocenters. The van der Waals surface area contributed by atoms with Crippen LogP contribution in [0.1, 0.15) is 90.2 Å². The highest BCUT2D eigenvalue weighted by Crippen LogP contribution is 2.53. The first-order valence-electron chi connectivity index (χ1n) is 22.1. The molecule has 3 aromatic carbocycles. The molecule has 2 saturated heterocycles. The summed E-state index contributed by atoms with van der Waals surface area (Å²) in [5, 5.41) is 0. The van der Waals surface area contributed by atoms with E-state index in [0.29, 0.717) is 11.8 Å². The van der Waals surface area contributed by atoms with Gasteiger partial charge in [-0.2, -0.15) is 0 Å². The Bertz CT molecular complexity index is 2150. The minimum Gasteiger partial charge on any atom is -0.469 e. The van der Waals surface area contributed by atoms with Crippen molar-refractivity contribution in [3.05, 3.63) is 71.8 Å². The van der Waals surface area contributed by atoms with Gasteiger partial charge in [0.25, 0.3) is 0 Å². The molecule has 0 radical (unpaired) electrons. The van der Waals surface area contributed by atoms with Crippen LogP contribution in [0.3, 0.4) is 0 Å². The maximum absolute atomic E-state index is 14.1. The molecule has 0 aromatic heterocycles. The number of methoxy groups -OCH3 is 2. The summed E-state index contributed by atoms with van der Waals surface area (Å²) in [5.41, 5.74) is 10.3. The highest BCUT2D eigenvalue weighted by molar-refractivity contribution is 6.05. The topological polar surface area (TPSA) is 118 Å². The molecule has 6 aliphatic rings. The number of rotatable bonds is 12. The lowest BCUT2D eigenvalue weighted by Gasteiger charge is -2.41. The number of hydrogen-bond acceptors (Lipinski definition) is 8. The SMILES string of the molecule is COC(=O)C[C@H](C(=O)N1CC2CCC1(C1=Nc3ccc(-c4ccc(-c5ccc6c(c5)CC(C57CCC(CN5C(=O)[C@@H](CC(=O)OC)C(C)C)C7)=N6)cc4)cc3C1)C2)C(C)C. The van der Waals surface area contributed by atoms with E-state index in [1.54, 1.807) is 0 Å². The molecule has 314 valence electrons. The number of hydrogen-bond donors (Lipinski definition) is 0. The standard InChI is InChI=1S/C50H58N4O6/c1-29(2)39(23-45(55)59-5)47(57)53-27-31-15-17-49(53,25-31)43-21-37-19-35(11-13-41(37)51-43)33-7-9-34(10-8-33)36-12-14-42-38(20-36)22-44(52-42)50-18-16-32(26-50)28-54(50)48(58)40(30(3)4)24-46(56)60-6/h7-14,19-20,29-32,39-40H,15-18,21-28H2,1-6H3/t31?,32?,39-,40-,49?,50?/m0/s1. The number of likely N-dealkylation sites (tertiary alicyclic amines) is 2. The number of amides is 2. The second-order valence-corrected chi connectivity index (χ2v) is 19.2. The zero-order valence-corrected chi connectivity index (χ0v) is 36.0. The van der Waals surface area contributed by atoms with Crippen molar-refractivity contribution >= 4 is 46.6 Å². The number of ether oxygens (including phenoxy) is 2. The van der Waals surface area contributed by atoms with Crippen molar-refractivity contribution < 1.29 is 28.7 Å². The summed E-state index contributed by atoms with van der Waals surface area (Å²) in [7, 11) is 2.77. The monoisotopic (exact) mass is 810 g/mol. The van der Waals surface area contributed by atoms with Crippen LogP contribution >= 0.6 is 0 Å². The number of carbonyl (C=O) groups excluding carboxylic acids is 4. The molecule has 4 aliphatic heterocycles. The fourth-order valence-electron chi connectivity index (χ4n) is 11.7. The fourth-order valence-corrected chi connectivity index (χ4v) is 11.7. The Labute approximate surface area is 353 Å². The van der Waals surface area contributed by atoms with Gasteiger partial charge in [0.2, 0.25) is 11.8 Å². The van der Waals surface area contributed by atoms with Gasteiger partial charge in [-0.15, -0.1) is 0 Å². The third-order valence-electron chi connectivity index (χ3n) is 15.1. The van der Waals surface area contributed by atoms with Gasteiger partial charge in [0, 0.05) is 37.4 Å². The van der Waals surface area contributed by atoms with Crippen LogP contribution in [0, 0.1) is 35.5 Å². The van der Waals surface area contributed by atoms with Crippen LogP contribution in [0.5, 0.6) is 0 Å². The first kappa shape index (κ1) is 40.3. The third-order valence-corrected chi connectivity index (χ3v) is 15.1. The second-order valence-electron chi connectivity index (χ2n) is 19.2. The zero-order valence-electron chi connectivity index (χ0n) is 36.0. The molecule has 2 saturated carbocycles. The summed E-state index contributed by atoms with van der Waals surface area (Å²) < 4.78 is 9.93. The van der Waals surface area contributed by atoms with Crippen molar-refractivity contribution in [2.24, 2.45) is 45.5 Å². The largest absolute Gasteiger partial charge is 0.469 e. The molecule has 4 heterocycles. The number of esters is 2. The van der Waals surface area contributed by atoms with Gasteiger partial charge >= 0.3 is 11.9 Å². The van der Waals surface area contributed by atoms with Crippen LogP contribution in [0.25, 0.3) is 22.3 Å². The maximum Gasteiger partial charge on any atom is 0.306 e. The molecule has 0 spiro atoms. The van der Waals surface area contributed by atoms with Gasteiger partial charge in [0.1, 0.15) is 0 Å². The molecule has 60 heavy (non-hydrogen) atoms. The summed E-state index contributed by atoms with van der Waals surface area (Å²) in [6, 6.07) is 21.8. The molecule has 4 bridgehead atoms. The number of aliphatic imine (C=N–C) groups is 2. The molecule has 10 nitrogen and oxygen atoms in total. The van der Waals surface area contributed by atoms with Crippen LogP contribution in [0.4, 0.5) is 11.4 Å². The summed E-state index contributed by atoms with van der Waals surface area (Å²) in [4.78, 5) is 67.4. The van der Waals surface area contributed by atoms with E-state index in [9.17, 15) is 19.2 Å². The Kier molecular flexibility index (Phi) is 10.3. The van der Waals surface area contributed by atoms with E-state index in [0.717, 1.165) is 110 Å². The Morgan fingerprint density at radius 3 is 1.35 bits per heavy atom. The van der Waals surface area contributed by atoms with Crippen molar-refractivity contribution in [1.29, 1.82) is 0 Å². The molecular formula is C50H58N4O6. The smallest absolute Gasteiger partial charge is 0.306 e. The van der Waals surface area contributed by atoms with E-state index in [1.165, 1.54) is 25.3 Å². The predicted molar refractivity (Wildman–Crippen MR) is 232 cm³/mol. The predicted octanol–water partition coefficient (Wildman–Crippen LogP) is 8.71. The number of benzene rings is 3. The Morgan fingerprint density at radius 1 is 0.617 bits per heavy atom.